The van der Waals surface area contributed by atoms with Gasteiger partial charge in [-0.1, -0.05) is 86.0 Å². The Hall–Kier alpha value is -4.44. The number of hydrogen-bond donors (Lipinski definition) is 0. The van der Waals surface area contributed by atoms with Gasteiger partial charge in [0.2, 0.25) is 0 Å². The molecule has 0 saturated carbocycles. The summed E-state index contributed by atoms with van der Waals surface area (Å²) < 4.78 is 10.5. The smallest absolute Gasteiger partial charge is 0.338 e. The number of esters is 2. The van der Waals surface area contributed by atoms with Gasteiger partial charge in [-0.2, -0.15) is 0 Å². The molecule has 0 amide bonds. The first-order valence-electron chi connectivity index (χ1n) is 10.7. The highest BCUT2D eigenvalue weighted by Crippen LogP contribution is 2.18. The van der Waals surface area contributed by atoms with Gasteiger partial charge in [0.05, 0.1) is 0 Å². The second kappa shape index (κ2) is 11.4. The van der Waals surface area contributed by atoms with Crippen LogP contribution in [0.15, 0.2) is 97.1 Å². The van der Waals surface area contributed by atoms with Crippen molar-refractivity contribution in [3.63, 3.8) is 0 Å². The summed E-state index contributed by atoms with van der Waals surface area (Å²) in [5.74, 6) is 0.0988. The molecule has 0 fully saturated rings. The highest BCUT2D eigenvalue weighted by atomic mass is 16.5. The number of ether oxygens (including phenoxy) is 2. The lowest BCUT2D eigenvalue weighted by Gasteiger charge is -2.04. The molecule has 0 N–H and O–H groups in total. The van der Waals surface area contributed by atoms with Crippen molar-refractivity contribution in [2.45, 2.75) is 13.8 Å². The number of benzene rings is 3. The molecule has 34 heavy (non-hydrogen) atoms. The molecule has 4 nitrogen and oxygen atoms in total. The highest BCUT2D eigenvalue weighted by molar-refractivity contribution is 5.89. The number of hydrogen-bond acceptors (Lipinski definition) is 4. The van der Waals surface area contributed by atoms with E-state index in [2.05, 4.69) is 13.2 Å². The second-order valence-electron chi connectivity index (χ2n) is 7.81. The molecule has 0 bridgehead atoms. The fraction of sp³-hybridized carbons (Fsp3) is 0.0667. The average Bonchev–Trinajstić information content (AvgIpc) is 2.83. The minimum absolute atomic E-state index is 0.358. The van der Waals surface area contributed by atoms with Crippen molar-refractivity contribution in [1.29, 1.82) is 0 Å². The first-order chi connectivity index (χ1) is 16.3. The average molecular weight is 451 g/mol. The predicted molar refractivity (Wildman–Crippen MR) is 138 cm³/mol. The molecule has 4 heteroatoms. The van der Waals surface area contributed by atoms with Crippen molar-refractivity contribution >= 4 is 36.2 Å². The summed E-state index contributed by atoms with van der Waals surface area (Å²) in [6.07, 6.45) is 7.97. The van der Waals surface area contributed by atoms with E-state index in [9.17, 15) is 9.59 Å². The van der Waals surface area contributed by atoms with Gasteiger partial charge in [0.1, 0.15) is 11.5 Å². The van der Waals surface area contributed by atoms with Crippen molar-refractivity contribution in [2.24, 2.45) is 0 Å². The number of carbonyl (C=O) groups excluding carboxylic acids is 2. The molecule has 0 aromatic heterocycles. The van der Waals surface area contributed by atoms with Crippen LogP contribution in [0.1, 0.15) is 36.1 Å². The van der Waals surface area contributed by atoms with Gasteiger partial charge >= 0.3 is 11.9 Å². The van der Waals surface area contributed by atoms with Gasteiger partial charge in [0.25, 0.3) is 0 Å². The van der Waals surface area contributed by atoms with E-state index in [1.807, 2.05) is 72.8 Å². The molecule has 0 atom stereocenters. The van der Waals surface area contributed by atoms with E-state index in [1.54, 1.807) is 38.1 Å². The van der Waals surface area contributed by atoms with Gasteiger partial charge in [0.15, 0.2) is 0 Å². The minimum Gasteiger partial charge on any atom is -0.423 e. The summed E-state index contributed by atoms with van der Waals surface area (Å²) in [6.45, 7) is 10.4. The zero-order chi connectivity index (χ0) is 24.5. The summed E-state index contributed by atoms with van der Waals surface area (Å²) in [4.78, 5) is 23.3. The molecule has 0 heterocycles. The van der Waals surface area contributed by atoms with Crippen LogP contribution in [-0.2, 0) is 9.59 Å². The molecule has 3 aromatic carbocycles. The zero-order valence-electron chi connectivity index (χ0n) is 19.3. The Morgan fingerprint density at radius 1 is 0.588 bits per heavy atom. The molecule has 3 aromatic rings. The maximum absolute atomic E-state index is 11.7. The fourth-order valence-corrected chi connectivity index (χ4v) is 2.82. The van der Waals surface area contributed by atoms with Gasteiger partial charge in [-0.05, 0) is 60.4 Å². The summed E-state index contributed by atoms with van der Waals surface area (Å²) in [5, 5.41) is 0. The Balaban J connectivity index is 1.60. The predicted octanol–water partition coefficient (Wildman–Crippen LogP) is 6.99. The molecule has 0 aliphatic carbocycles. The minimum atomic E-state index is -0.438. The van der Waals surface area contributed by atoms with Crippen LogP contribution in [0.3, 0.4) is 0 Å². The van der Waals surface area contributed by atoms with Crippen LogP contribution in [0, 0.1) is 0 Å². The van der Waals surface area contributed by atoms with Gasteiger partial charge in [-0.3, -0.25) is 0 Å². The van der Waals surface area contributed by atoms with Crippen molar-refractivity contribution in [3.8, 4) is 11.5 Å². The lowest BCUT2D eigenvalue weighted by Crippen LogP contribution is -2.07. The summed E-state index contributed by atoms with van der Waals surface area (Å²) in [5.41, 5.74) is 4.74. The Morgan fingerprint density at radius 2 is 1.00 bits per heavy atom. The fourth-order valence-electron chi connectivity index (χ4n) is 2.82. The van der Waals surface area contributed by atoms with Crippen LogP contribution in [-0.4, -0.2) is 11.9 Å². The van der Waals surface area contributed by atoms with E-state index < -0.39 is 11.9 Å². The van der Waals surface area contributed by atoms with Gasteiger partial charge in [0, 0.05) is 11.1 Å². The van der Waals surface area contributed by atoms with Gasteiger partial charge in [-0.25, -0.2) is 9.59 Å². The van der Waals surface area contributed by atoms with Crippen LogP contribution < -0.4 is 9.47 Å². The standard InChI is InChI=1S/C30H26O4/c1-21(2)29(31)33-27-18-16-25(17-19-27)13-12-23-8-10-24(11-9-23)14-15-26-6-5-7-28(20-26)34-30(32)22(3)4/h5-20H,1,3H2,2,4H3/b13-12+,15-14+. The van der Waals surface area contributed by atoms with E-state index in [0.717, 1.165) is 22.3 Å². The van der Waals surface area contributed by atoms with Crippen LogP contribution in [0.25, 0.3) is 24.3 Å². The topological polar surface area (TPSA) is 52.6 Å². The molecular formula is C30H26O4. The zero-order valence-corrected chi connectivity index (χ0v) is 19.3. The molecule has 0 saturated heterocycles. The number of rotatable bonds is 8. The van der Waals surface area contributed by atoms with Gasteiger partial charge in [-0.15, -0.1) is 0 Å². The van der Waals surface area contributed by atoms with E-state index in [0.29, 0.717) is 22.6 Å². The first-order valence-corrected chi connectivity index (χ1v) is 10.7. The van der Waals surface area contributed by atoms with E-state index in [1.165, 1.54) is 0 Å². The van der Waals surface area contributed by atoms with Crippen molar-refractivity contribution in [1.82, 2.24) is 0 Å². The molecule has 0 spiro atoms. The quantitative estimate of drug-likeness (QED) is 0.161. The third-order valence-corrected chi connectivity index (χ3v) is 4.73. The Kier molecular flexibility index (Phi) is 8.14. The maximum atomic E-state index is 11.7. The number of carbonyl (C=O) groups is 2. The normalized spacial score (nSPS) is 10.9. The van der Waals surface area contributed by atoms with Crippen molar-refractivity contribution < 1.29 is 19.1 Å². The van der Waals surface area contributed by atoms with E-state index in [-0.39, 0.29) is 0 Å². The SMILES string of the molecule is C=C(C)C(=O)Oc1ccc(/C=C/c2ccc(/C=C/c3cccc(OC(=O)C(=C)C)c3)cc2)cc1. The summed E-state index contributed by atoms with van der Waals surface area (Å²) in [6, 6.07) is 22.7. The van der Waals surface area contributed by atoms with Gasteiger partial charge < -0.3 is 9.47 Å². The molecular weight excluding hydrogens is 424 g/mol. The lowest BCUT2D eigenvalue weighted by atomic mass is 10.1. The molecule has 3 rings (SSSR count). The first kappa shape index (κ1) is 24.2. The molecule has 0 unspecified atom stereocenters. The third kappa shape index (κ3) is 7.31. The van der Waals surface area contributed by atoms with E-state index >= 15 is 0 Å². The lowest BCUT2D eigenvalue weighted by molar-refractivity contribution is -0.130. The summed E-state index contributed by atoms with van der Waals surface area (Å²) in [7, 11) is 0. The van der Waals surface area contributed by atoms with Crippen LogP contribution in [0.4, 0.5) is 0 Å². The third-order valence-electron chi connectivity index (χ3n) is 4.73. The van der Waals surface area contributed by atoms with Crippen molar-refractivity contribution in [2.75, 3.05) is 0 Å². The summed E-state index contributed by atoms with van der Waals surface area (Å²) >= 11 is 0. The van der Waals surface area contributed by atoms with Crippen LogP contribution in [0.5, 0.6) is 11.5 Å². The largest absolute Gasteiger partial charge is 0.423 e. The van der Waals surface area contributed by atoms with E-state index in [4.69, 9.17) is 9.47 Å². The maximum Gasteiger partial charge on any atom is 0.338 e. The van der Waals surface area contributed by atoms with Crippen molar-refractivity contribution in [3.05, 3.63) is 119 Å². The highest BCUT2D eigenvalue weighted by Gasteiger charge is 2.05. The van der Waals surface area contributed by atoms with Crippen LogP contribution in [0.2, 0.25) is 0 Å². The molecule has 0 radical (unpaired) electrons. The molecule has 0 aliphatic heterocycles. The Bertz CT molecular complexity index is 1260. The second-order valence-corrected chi connectivity index (χ2v) is 7.81. The molecule has 0 aliphatic rings. The Morgan fingerprint density at radius 3 is 1.47 bits per heavy atom. The Labute approximate surface area is 200 Å². The van der Waals surface area contributed by atoms with Crippen LogP contribution >= 0.6 is 0 Å². The monoisotopic (exact) mass is 450 g/mol. The molecule has 170 valence electrons.